The van der Waals surface area contributed by atoms with Crippen LogP contribution in [0.3, 0.4) is 0 Å². The van der Waals surface area contributed by atoms with Gasteiger partial charge >= 0.3 is 26.2 Å². The Morgan fingerprint density at radius 3 is 1.63 bits per heavy atom. The number of carbonyl (C=O) groups excluding carboxylic acids is 4. The molecule has 51 heavy (non-hydrogen) atoms. The second-order valence-electron chi connectivity index (χ2n) is 10.5. The minimum atomic E-state index is -1.37. The maximum absolute atomic E-state index is 11.7. The predicted molar refractivity (Wildman–Crippen MR) is 202 cm³/mol. The van der Waals surface area contributed by atoms with Gasteiger partial charge in [0, 0.05) is 9.79 Å². The van der Waals surface area contributed by atoms with E-state index in [2.05, 4.69) is 44.9 Å². The Hall–Kier alpha value is -3.21. The largest absolute Gasteiger partial charge is 0.547 e. The number of nitrogens with two attached hydrogens (primary N) is 2. The third kappa shape index (κ3) is 13.4. The van der Waals surface area contributed by atoms with Gasteiger partial charge < -0.3 is 51.7 Å². The summed E-state index contributed by atoms with van der Waals surface area (Å²) in [6, 6.07) is 6.47. The molecule has 4 amide bonds. The molecule has 276 valence electrons. The monoisotopic (exact) mass is 848 g/mol. The Morgan fingerprint density at radius 1 is 0.804 bits per heavy atom. The van der Waals surface area contributed by atoms with E-state index in [1.807, 2.05) is 0 Å². The number of aromatic carboxylic acids is 2. The van der Waals surface area contributed by atoms with E-state index in [1.165, 1.54) is 23.5 Å². The molecule has 0 spiro atoms. The van der Waals surface area contributed by atoms with Crippen molar-refractivity contribution in [3.05, 3.63) is 46.5 Å². The van der Waals surface area contributed by atoms with Crippen molar-refractivity contribution in [1.29, 1.82) is 0 Å². The molecule has 0 radical (unpaired) electrons. The van der Waals surface area contributed by atoms with Gasteiger partial charge in [-0.2, -0.15) is 23.5 Å². The molecule has 0 bridgehead atoms. The van der Waals surface area contributed by atoms with Crippen molar-refractivity contribution in [2.45, 2.75) is 34.5 Å². The Morgan fingerprint density at radius 2 is 1.24 bits per heavy atom. The summed E-state index contributed by atoms with van der Waals surface area (Å²) in [4.78, 5) is 67.2. The van der Waals surface area contributed by atoms with Gasteiger partial charge in [0.25, 0.3) is 0 Å². The summed E-state index contributed by atoms with van der Waals surface area (Å²) < 4.78 is 10.7. The fourth-order valence-corrected chi connectivity index (χ4v) is 6.33. The smallest absolute Gasteiger partial charge is 0.534 e. The van der Waals surface area contributed by atoms with Crippen LogP contribution in [0.25, 0.3) is 0 Å². The number of thiol groups is 1. The molecule has 23 heteroatoms. The minimum Gasteiger partial charge on any atom is -0.534 e. The van der Waals surface area contributed by atoms with Crippen LogP contribution in [0.2, 0.25) is 0 Å². The summed E-state index contributed by atoms with van der Waals surface area (Å²) in [5.74, 6) is -4.42. The standard InChI is InChI=1S/C14H17BN2O6S2.C12H14BNO5S2.C2H4BrNO/c1-24-6-11(19)17-9-4-7-2-3-8(25-5-10(16)18)12(14(20)21)13(7)23-15(9)22;1-21-5-9(15)14-8-4-6-2-3-7(20)10(12(16)17)11(6)19-13(8)18;3-1-2(4)5/h2-3,9,22H,4-6H2,1H3,(H2,16,18)(H,17,19)(H,20,21);2-3,8,18,20H,4-5H2,1H3,(H,14,15)(H,16,17);1H2,(H2,4,5)/t9-;8-;/m00./s1. The Kier molecular flexibility index (Phi) is 18.4. The van der Waals surface area contributed by atoms with Crippen molar-refractivity contribution in [2.24, 2.45) is 11.5 Å². The van der Waals surface area contributed by atoms with Gasteiger partial charge in [-0.25, -0.2) is 9.59 Å². The van der Waals surface area contributed by atoms with Gasteiger partial charge in [0.05, 0.1) is 34.5 Å². The lowest BCUT2D eigenvalue weighted by Crippen LogP contribution is -2.53. The molecule has 0 unspecified atom stereocenters. The second kappa shape index (κ2) is 21.3. The molecule has 2 heterocycles. The number of hydrogen-bond acceptors (Lipinski definition) is 14. The van der Waals surface area contributed by atoms with Gasteiger partial charge in [0.15, 0.2) is 0 Å². The summed E-state index contributed by atoms with van der Waals surface area (Å²) in [5, 5.41) is 44.4. The topological polar surface area (TPSA) is 278 Å². The average Bonchev–Trinajstić information content (AvgIpc) is 3.04. The van der Waals surface area contributed by atoms with Crippen molar-refractivity contribution in [3.63, 3.8) is 0 Å². The quantitative estimate of drug-likeness (QED) is 0.0594. The van der Waals surface area contributed by atoms with Crippen molar-refractivity contribution in [1.82, 2.24) is 10.6 Å². The van der Waals surface area contributed by atoms with E-state index < -0.39 is 44.0 Å². The second-order valence-corrected chi connectivity index (χ2v) is 14.3. The fourth-order valence-electron chi connectivity index (χ4n) is 4.58. The zero-order valence-electron chi connectivity index (χ0n) is 27.1. The molecule has 0 aliphatic carbocycles. The highest BCUT2D eigenvalue weighted by Gasteiger charge is 2.39. The molecular formula is C28H35B2BrN4O12S4. The van der Waals surface area contributed by atoms with E-state index >= 15 is 0 Å². The summed E-state index contributed by atoms with van der Waals surface area (Å²) in [6.45, 7) is 0. The number of carboxylic acids is 2. The number of halogens is 1. The molecule has 2 aromatic carbocycles. The first kappa shape index (κ1) is 44.0. The first-order chi connectivity index (χ1) is 24.0. The van der Waals surface area contributed by atoms with E-state index in [9.17, 15) is 49.0 Å². The molecule has 2 aliphatic rings. The van der Waals surface area contributed by atoms with E-state index in [0.717, 1.165) is 11.8 Å². The number of amides is 4. The number of carboxylic acid groups (broad SMARTS) is 2. The van der Waals surface area contributed by atoms with Gasteiger partial charge in [-0.05, 0) is 48.6 Å². The van der Waals surface area contributed by atoms with Crippen LogP contribution in [-0.2, 0) is 32.0 Å². The van der Waals surface area contributed by atoms with Crippen molar-refractivity contribution < 1.29 is 58.3 Å². The molecule has 2 atom stereocenters. The van der Waals surface area contributed by atoms with E-state index in [4.69, 9.17) is 15.0 Å². The number of fused-ring (bicyclic) bond motifs is 2. The highest BCUT2D eigenvalue weighted by Crippen LogP contribution is 2.37. The van der Waals surface area contributed by atoms with Gasteiger partial charge in [-0.1, -0.05) is 28.1 Å². The summed E-state index contributed by atoms with van der Waals surface area (Å²) in [7, 11) is -2.66. The molecule has 2 aliphatic heterocycles. The number of carbonyl (C=O) groups is 6. The van der Waals surface area contributed by atoms with Crippen LogP contribution in [0, 0.1) is 0 Å². The molecule has 0 saturated heterocycles. The van der Waals surface area contributed by atoms with Crippen molar-refractivity contribution in [2.75, 3.05) is 35.1 Å². The van der Waals surface area contributed by atoms with Crippen LogP contribution >= 0.6 is 63.8 Å². The number of nitrogens with one attached hydrogen (secondary N) is 2. The molecule has 2 aromatic rings. The van der Waals surface area contributed by atoms with Crippen LogP contribution in [0.15, 0.2) is 34.1 Å². The Balaban J connectivity index is 0.000000316. The molecule has 16 nitrogen and oxygen atoms in total. The molecule has 0 fully saturated rings. The van der Waals surface area contributed by atoms with Crippen molar-refractivity contribution in [3.8, 4) is 11.5 Å². The van der Waals surface area contributed by atoms with Crippen LogP contribution in [0.4, 0.5) is 0 Å². The van der Waals surface area contributed by atoms with Crippen LogP contribution in [0.1, 0.15) is 31.8 Å². The Bertz CT molecular complexity index is 1630. The molecule has 0 saturated carbocycles. The highest BCUT2D eigenvalue weighted by molar-refractivity contribution is 9.09. The molecule has 4 rings (SSSR count). The molecule has 10 N–H and O–H groups in total. The number of benzene rings is 2. The number of alkyl halides is 1. The summed E-state index contributed by atoms with van der Waals surface area (Å²) in [6.07, 6.45) is 4.12. The average molecular weight is 849 g/mol. The molecule has 0 aromatic heterocycles. The van der Waals surface area contributed by atoms with Gasteiger partial charge in [0.2, 0.25) is 23.6 Å². The predicted octanol–water partition coefficient (Wildman–Crippen LogP) is 0.107. The normalized spacial score (nSPS) is 15.5. The lowest BCUT2D eigenvalue weighted by molar-refractivity contribution is -0.119. The third-order valence-electron chi connectivity index (χ3n) is 6.64. The highest BCUT2D eigenvalue weighted by atomic mass is 79.9. The summed E-state index contributed by atoms with van der Waals surface area (Å²) in [5.41, 5.74) is 10.7. The van der Waals surface area contributed by atoms with Gasteiger partial charge in [0.1, 0.15) is 22.6 Å². The van der Waals surface area contributed by atoms with Crippen molar-refractivity contribution >= 4 is 114 Å². The minimum absolute atomic E-state index is 0.0461. The zero-order valence-corrected chi connectivity index (χ0v) is 32.1. The number of primary amides is 2. The summed E-state index contributed by atoms with van der Waals surface area (Å²) >= 11 is 10.6. The Labute approximate surface area is 320 Å². The van der Waals surface area contributed by atoms with Crippen LogP contribution < -0.4 is 31.4 Å². The SMILES string of the molecule is CSCC(=O)N[C@H]1Cc2ccc(S)c(C(=O)O)c2OB1O.CSCC(=O)N[C@H]1Cc2ccc(SCC(N)=O)c(C(=O)O)c2OB1O.NC(=O)CBr. The number of rotatable bonds is 12. The van der Waals surface area contributed by atoms with E-state index in [-0.39, 0.29) is 74.3 Å². The van der Waals surface area contributed by atoms with E-state index in [1.54, 1.807) is 36.8 Å². The first-order valence-corrected chi connectivity index (χ1v) is 19.9. The first-order valence-electron chi connectivity index (χ1n) is 14.5. The van der Waals surface area contributed by atoms with Crippen LogP contribution in [0.5, 0.6) is 11.5 Å². The van der Waals surface area contributed by atoms with Crippen LogP contribution in [-0.4, -0.2) is 117 Å². The fraction of sp³-hybridized carbons (Fsp3) is 0.357. The third-order valence-corrected chi connectivity index (χ3v) is 9.74. The molecular weight excluding hydrogens is 814 g/mol. The zero-order chi connectivity index (χ0) is 38.4. The van der Waals surface area contributed by atoms with E-state index in [0.29, 0.717) is 22.4 Å². The maximum Gasteiger partial charge on any atom is 0.547 e. The maximum atomic E-state index is 11.7. The lowest BCUT2D eigenvalue weighted by atomic mass is 9.72. The number of hydrogen-bond donors (Lipinski definition) is 9. The van der Waals surface area contributed by atoms with Gasteiger partial charge in [-0.3, -0.25) is 19.2 Å². The van der Waals surface area contributed by atoms with Gasteiger partial charge in [-0.15, -0.1) is 24.4 Å². The number of thioether (sulfide) groups is 3. The lowest BCUT2D eigenvalue weighted by Gasteiger charge is -2.29.